The SMILES string of the molecule is CCN(CC)c1ccc2c(-c3ccccc3C(=O)O)c3cc4c(-c5ccccc5C(=O)O)c5ccc(N(CC)CC)cc5[o+]c4cc3[o+]c2c1. The number of rotatable bonds is 10. The van der Waals surface area contributed by atoms with Crippen molar-refractivity contribution in [1.82, 2.24) is 0 Å². The molecular weight excluding hydrogens is 628 g/mol. The van der Waals surface area contributed by atoms with E-state index in [2.05, 4.69) is 37.5 Å². The smallest absolute Gasteiger partial charge is 0.371 e. The zero-order valence-corrected chi connectivity index (χ0v) is 28.5. The Balaban J connectivity index is 1.67. The maximum atomic E-state index is 12.6. The molecule has 0 aliphatic carbocycles. The van der Waals surface area contributed by atoms with Gasteiger partial charge >= 0.3 is 34.3 Å². The third-order valence-corrected chi connectivity index (χ3v) is 9.64. The van der Waals surface area contributed by atoms with Crippen LogP contribution in [0.25, 0.3) is 66.1 Å². The fourth-order valence-electron chi connectivity index (χ4n) is 7.18. The largest absolute Gasteiger partial charge is 0.478 e. The van der Waals surface area contributed by atoms with E-state index in [1.54, 1.807) is 24.3 Å². The van der Waals surface area contributed by atoms with Gasteiger partial charge in [0.1, 0.15) is 6.07 Å². The molecule has 0 radical (unpaired) electrons. The van der Waals surface area contributed by atoms with Crippen molar-refractivity contribution in [3.05, 3.63) is 108 Å². The summed E-state index contributed by atoms with van der Waals surface area (Å²) in [6.45, 7) is 11.7. The Labute approximate surface area is 289 Å². The first-order chi connectivity index (χ1) is 24.3. The highest BCUT2D eigenvalue weighted by molar-refractivity contribution is 6.18. The molecule has 0 unspecified atom stereocenters. The molecule has 8 nitrogen and oxygen atoms in total. The van der Waals surface area contributed by atoms with Crippen LogP contribution in [0.5, 0.6) is 0 Å². The van der Waals surface area contributed by atoms with Crippen molar-refractivity contribution in [3.8, 4) is 22.3 Å². The standard InChI is InChI=1S/C42H36N2O6/c1-5-43(6-2)25-17-19-31-35(21-25)49-37-24-38-34(23-33(37)39(31)27-13-9-11-15-29(27)41(45)46)40(28-14-10-12-16-30(28)42(47)48)32-20-18-26(22-36(32)50-38)44(7-3)8-4/h9-24H,5-8H2,1-4H3/p+2. The van der Waals surface area contributed by atoms with Gasteiger partial charge in [0.15, 0.2) is 0 Å². The molecule has 7 rings (SSSR count). The first-order valence-electron chi connectivity index (χ1n) is 17.0. The van der Waals surface area contributed by atoms with Gasteiger partial charge in [0, 0.05) is 48.7 Å². The molecule has 0 saturated heterocycles. The highest BCUT2D eigenvalue weighted by Crippen LogP contribution is 2.45. The van der Waals surface area contributed by atoms with Gasteiger partial charge in [-0.25, -0.2) is 18.4 Å². The predicted octanol–water partition coefficient (Wildman–Crippen LogP) is 10.5. The van der Waals surface area contributed by atoms with Crippen LogP contribution in [-0.2, 0) is 0 Å². The summed E-state index contributed by atoms with van der Waals surface area (Å²) in [5.41, 5.74) is 7.08. The predicted molar refractivity (Wildman–Crippen MR) is 202 cm³/mol. The first kappa shape index (κ1) is 32.5. The number of carboxylic acid groups (broad SMARTS) is 2. The van der Waals surface area contributed by atoms with Crippen LogP contribution in [0.2, 0.25) is 0 Å². The second-order valence-corrected chi connectivity index (χ2v) is 12.2. The molecule has 250 valence electrons. The van der Waals surface area contributed by atoms with Crippen LogP contribution in [0.1, 0.15) is 48.4 Å². The highest BCUT2D eigenvalue weighted by atomic mass is 16.4. The van der Waals surface area contributed by atoms with E-state index < -0.39 is 11.9 Å². The molecule has 0 atom stereocenters. The van der Waals surface area contributed by atoms with Gasteiger partial charge < -0.3 is 20.0 Å². The summed E-state index contributed by atoms with van der Waals surface area (Å²) in [5, 5.41) is 23.5. The van der Waals surface area contributed by atoms with Crippen molar-refractivity contribution in [1.29, 1.82) is 0 Å². The van der Waals surface area contributed by atoms with Gasteiger partial charge in [0.2, 0.25) is 0 Å². The molecular formula is C42H38N2O6+2. The molecule has 0 aliphatic heterocycles. The maximum absolute atomic E-state index is 12.6. The van der Waals surface area contributed by atoms with Crippen molar-refractivity contribution in [2.75, 3.05) is 36.0 Å². The molecule has 2 heterocycles. The molecule has 0 aliphatic rings. The van der Waals surface area contributed by atoms with Crippen molar-refractivity contribution >= 4 is 67.2 Å². The third kappa shape index (κ3) is 5.43. The highest BCUT2D eigenvalue weighted by Gasteiger charge is 2.30. The third-order valence-electron chi connectivity index (χ3n) is 9.64. The lowest BCUT2D eigenvalue weighted by molar-refractivity contribution is 0.0687. The van der Waals surface area contributed by atoms with Gasteiger partial charge in [-0.1, -0.05) is 36.4 Å². The molecule has 0 fully saturated rings. The number of anilines is 2. The average molecular weight is 667 g/mol. The van der Waals surface area contributed by atoms with E-state index in [9.17, 15) is 19.8 Å². The molecule has 0 saturated carbocycles. The van der Waals surface area contributed by atoms with Crippen LogP contribution >= 0.6 is 0 Å². The van der Waals surface area contributed by atoms with E-state index in [1.165, 1.54) is 0 Å². The molecule has 5 aromatic carbocycles. The lowest BCUT2D eigenvalue weighted by atomic mass is 9.90. The quantitative estimate of drug-likeness (QED) is 0.110. The van der Waals surface area contributed by atoms with Gasteiger partial charge in [-0.05, 0) is 81.3 Å². The first-order valence-corrected chi connectivity index (χ1v) is 17.0. The van der Waals surface area contributed by atoms with Crippen LogP contribution in [0.15, 0.2) is 106 Å². The van der Waals surface area contributed by atoms with Gasteiger partial charge in [-0.3, -0.25) is 0 Å². The van der Waals surface area contributed by atoms with Gasteiger partial charge in [-0.2, -0.15) is 0 Å². The van der Waals surface area contributed by atoms with Gasteiger partial charge in [0.05, 0.1) is 44.8 Å². The van der Waals surface area contributed by atoms with E-state index in [1.807, 2.05) is 72.8 Å². The summed E-state index contributed by atoms with van der Waals surface area (Å²) in [6.07, 6.45) is 0. The Bertz CT molecular complexity index is 2300. The van der Waals surface area contributed by atoms with E-state index in [0.29, 0.717) is 55.4 Å². The molecule has 0 spiro atoms. The van der Waals surface area contributed by atoms with Crippen molar-refractivity contribution in [2.24, 2.45) is 0 Å². The van der Waals surface area contributed by atoms with Crippen molar-refractivity contribution in [3.63, 3.8) is 0 Å². The monoisotopic (exact) mass is 666 g/mol. The zero-order chi connectivity index (χ0) is 35.1. The second kappa shape index (κ2) is 13.1. The van der Waals surface area contributed by atoms with Gasteiger partial charge in [0.25, 0.3) is 0 Å². The Morgan fingerprint density at radius 1 is 0.500 bits per heavy atom. The van der Waals surface area contributed by atoms with Crippen LogP contribution in [0.3, 0.4) is 0 Å². The fourth-order valence-corrected chi connectivity index (χ4v) is 7.18. The topological polar surface area (TPSA) is 104 Å². The lowest BCUT2D eigenvalue weighted by Gasteiger charge is -2.20. The van der Waals surface area contributed by atoms with Crippen LogP contribution < -0.4 is 9.80 Å². The molecule has 0 amide bonds. The van der Waals surface area contributed by atoms with Crippen LogP contribution in [-0.4, -0.2) is 48.3 Å². The summed E-state index contributed by atoms with van der Waals surface area (Å²) in [6, 6.07) is 29.8. The molecule has 7 aromatic rings. The molecule has 50 heavy (non-hydrogen) atoms. The number of fused-ring (bicyclic) bond motifs is 4. The number of carbonyl (C=O) groups is 2. The lowest BCUT2D eigenvalue weighted by Crippen LogP contribution is -2.21. The van der Waals surface area contributed by atoms with Gasteiger partial charge in [-0.15, -0.1) is 0 Å². The molecule has 2 aromatic heterocycles. The number of benzene rings is 5. The Hall–Kier alpha value is -6.02. The Kier molecular flexibility index (Phi) is 8.53. The second-order valence-electron chi connectivity index (χ2n) is 12.2. The molecule has 2 N–H and O–H groups in total. The number of nitrogens with zero attached hydrogens (tertiary/aromatic N) is 2. The molecule has 0 bridgehead atoms. The summed E-state index contributed by atoms with van der Waals surface area (Å²) >= 11 is 0. The molecule has 8 heteroatoms. The fraction of sp³-hybridized carbons (Fsp3) is 0.190. The minimum Gasteiger partial charge on any atom is -0.478 e. The van der Waals surface area contributed by atoms with E-state index in [4.69, 9.17) is 8.83 Å². The normalized spacial score (nSPS) is 11.4. The summed E-state index contributed by atoms with van der Waals surface area (Å²) in [4.78, 5) is 29.7. The minimum atomic E-state index is -1.04. The van der Waals surface area contributed by atoms with E-state index in [0.717, 1.165) is 48.3 Å². The van der Waals surface area contributed by atoms with Crippen molar-refractivity contribution < 1.29 is 28.6 Å². The van der Waals surface area contributed by atoms with Crippen LogP contribution in [0, 0.1) is 0 Å². The minimum absolute atomic E-state index is 0.165. The van der Waals surface area contributed by atoms with Crippen LogP contribution in [0.4, 0.5) is 11.4 Å². The maximum Gasteiger partial charge on any atom is 0.371 e. The zero-order valence-electron chi connectivity index (χ0n) is 28.5. The Morgan fingerprint density at radius 3 is 1.26 bits per heavy atom. The number of aromatic carboxylic acids is 2. The van der Waals surface area contributed by atoms with Crippen molar-refractivity contribution in [2.45, 2.75) is 27.7 Å². The average Bonchev–Trinajstić information content (AvgIpc) is 3.13. The number of hydrogen-bond acceptors (Lipinski definition) is 4. The Morgan fingerprint density at radius 2 is 0.880 bits per heavy atom. The van der Waals surface area contributed by atoms with E-state index in [-0.39, 0.29) is 11.1 Å². The summed E-state index contributed by atoms with van der Waals surface area (Å²) in [7, 11) is 0. The summed E-state index contributed by atoms with van der Waals surface area (Å²) in [5.74, 6) is -2.08. The number of carboxylic acids is 2. The van der Waals surface area contributed by atoms with E-state index >= 15 is 0 Å². The summed E-state index contributed by atoms with van der Waals surface area (Å²) < 4.78 is 13.4. The number of hydrogen-bond donors (Lipinski definition) is 2.